The van der Waals surface area contributed by atoms with E-state index in [1.165, 1.54) is 56.8 Å². The summed E-state index contributed by atoms with van der Waals surface area (Å²) in [6, 6.07) is 14.6. The number of hydrogen-bond acceptors (Lipinski definition) is 25. The Hall–Kier alpha value is -13.1. The molecule has 1 aliphatic carbocycles. The number of ketones is 2. The van der Waals surface area contributed by atoms with E-state index < -0.39 is 228 Å². The van der Waals surface area contributed by atoms with Crippen molar-refractivity contribution in [3.8, 4) is 17.2 Å². The number of H-pyrrole nitrogens is 2. The van der Waals surface area contributed by atoms with Gasteiger partial charge in [0.15, 0.2) is 5.78 Å². The third kappa shape index (κ3) is 28.4. The summed E-state index contributed by atoms with van der Waals surface area (Å²) in [5, 5.41) is 47.3. The zero-order valence-corrected chi connectivity index (χ0v) is 81.8. The van der Waals surface area contributed by atoms with Gasteiger partial charge in [-0.1, -0.05) is 82.3 Å². The molecule has 1 saturated carbocycles. The molecule has 2 fully saturated rings. The summed E-state index contributed by atoms with van der Waals surface area (Å²) in [5.74, 6) is -19.9. The average Bonchev–Trinajstić information content (AvgIpc) is 1.67. The van der Waals surface area contributed by atoms with Crippen molar-refractivity contribution in [3.63, 3.8) is 0 Å². The SMILES string of the molecule is COc1cc2cc(c1)CN1Cc3cc(cc(OC)c3)CN3Cc4cc(cc(OC)c4)CN(C2)C(=O)CSC[C@H](CC(=O)[C@H](C)N)C(=O)N[C@@H]2C(=O)C[C@@H](CCC[C@H]2O)C(=O)N[C@@H](CSCC3=O)C(=O)N[C@@H](Cc2c[nH]c3ccccc23)C(=O)N[C@@H](C(C)C)C(=O)N[C@@H](CC(=O)O)C(=O)NCC(=O)N[C@@H](Cc2c[nH]c3ccccc23)C(=O)N[C@@H](C(C)C)C(=O)N2CCC[C@H]2C(=O)N[C@H](C(N)=O)CSCC1=O. The first kappa shape index (κ1) is 106. The number of rotatable bonds is 15. The molecule has 4 aliphatic heterocycles. The highest BCUT2D eigenvalue weighted by Gasteiger charge is 2.44. The number of ether oxygens (including phenoxy) is 3. The van der Waals surface area contributed by atoms with Crippen molar-refractivity contribution in [1.29, 1.82) is 0 Å². The van der Waals surface area contributed by atoms with Gasteiger partial charge in [-0.2, -0.15) is 11.8 Å². The third-order valence-electron chi connectivity index (χ3n) is 25.4. The highest BCUT2D eigenvalue weighted by molar-refractivity contribution is 8.00. The van der Waals surface area contributed by atoms with Gasteiger partial charge in [0.1, 0.15) is 77.4 Å². The molecule has 7 aromatic rings. The number of amides is 14. The molecule has 17 N–H and O–H groups in total. The minimum absolute atomic E-state index is 0.0277. The van der Waals surface area contributed by atoms with Crippen LogP contribution >= 0.6 is 35.3 Å². The van der Waals surface area contributed by atoms with Gasteiger partial charge in [-0.25, -0.2) is 0 Å². The summed E-state index contributed by atoms with van der Waals surface area (Å²) in [6.07, 6.45) is -0.652. The lowest BCUT2D eigenvalue weighted by molar-refractivity contribution is -0.143. The molecule has 1 saturated heterocycles. The quantitative estimate of drug-likeness (QED) is 0.0701. The van der Waals surface area contributed by atoms with Gasteiger partial charge in [0.2, 0.25) is 82.7 Å². The highest BCUT2D eigenvalue weighted by Crippen LogP contribution is 2.33. The number of carbonyl (C=O) groups excluding carboxylic acids is 16. The Labute approximate surface area is 821 Å². The molecule has 6 heterocycles. The molecular formula is C98H123N17O22S3. The minimum atomic E-state index is -1.96. The molecule has 5 aromatic carbocycles. The fourth-order valence-corrected chi connectivity index (χ4v) is 20.8. The molecule has 0 radical (unpaired) electrons. The number of fused-ring (bicyclic) bond motifs is 14. The van der Waals surface area contributed by atoms with E-state index >= 15 is 38.4 Å². The van der Waals surface area contributed by atoms with Gasteiger partial charge < -0.3 is 113 Å². The van der Waals surface area contributed by atoms with E-state index in [1.807, 2.05) is 0 Å². The van der Waals surface area contributed by atoms with Crippen LogP contribution in [0.15, 0.2) is 116 Å². The number of aliphatic carboxylic acids is 1. The normalized spacial score (nSPS) is 24.1. The van der Waals surface area contributed by atoms with Crippen LogP contribution in [0.2, 0.25) is 0 Å². The fraction of sp³-hybridized carbons (Fsp3) is 0.480. The number of nitrogens with one attached hydrogen (secondary N) is 11. The number of aliphatic hydroxyl groups is 1. The predicted molar refractivity (Wildman–Crippen MR) is 522 cm³/mol. The fourth-order valence-electron chi connectivity index (χ4n) is 17.8. The number of methoxy groups -OCH3 is 3. The maximum absolute atomic E-state index is 15.9. The van der Waals surface area contributed by atoms with Crippen molar-refractivity contribution in [3.05, 3.63) is 160 Å². The topological polar surface area (TPSA) is 563 Å². The number of hydrogen-bond donors (Lipinski definition) is 15. The van der Waals surface area contributed by atoms with Crippen LogP contribution in [0, 0.1) is 23.7 Å². The van der Waals surface area contributed by atoms with Crippen LogP contribution < -0.4 is 73.5 Å². The standard InChI is InChI=1S/C98H123N17O22S3/c1-52(2)86-97(133)106-74(36-85(123)124)92(128)103-39-81(119)104-72(32-62-37-101-70-18-11-9-16-68(62)70)93(129)110-87(53(3)4)98(134)115-22-14-20-77(115)96(132)107-75(89(100)125)47-139-50-83(121)113-42-57-23-55(26-65(28-57)135-6)40-112-41-56-24-59(30-66(27-56)136-7)44-114(45-60-25-58(43-113)29-67(31-60)137-8)84(122)51-140-48-76(95(131)105-73(94(130)109-86)33-63-38-102-71-19-12-10-17-69(63)71)108-90(126)61-15-13-21-78(116)88(80(118)34-61)111-91(127)64(35-79(117)54(5)99)46-138-49-82(112)120/h9-12,16-19,23-31,37-38,52-54,61,64,72-78,86-88,101-102,116H,13-15,20-22,32-36,39-51,99H2,1-8H3,(H2,100,125)(H,103,128)(H,104,119)(H,105,131)(H,106,133)(H,107,132)(H,108,126)(H,109,130)(H,110,129)(H,111,127)(H,123,124)/t54-,61+,64-,72-,73-,74-,75-,76-,77-,78+,86-,87-,88-/m0/s1. The second kappa shape index (κ2) is 49.2. The van der Waals surface area contributed by atoms with Gasteiger partial charge in [-0.05, 0) is 144 Å². The van der Waals surface area contributed by atoms with E-state index in [2.05, 4.69) is 57.8 Å². The van der Waals surface area contributed by atoms with Crippen molar-refractivity contribution in [2.24, 2.45) is 35.1 Å². The lowest BCUT2D eigenvalue weighted by Gasteiger charge is -2.32. The lowest BCUT2D eigenvalue weighted by Crippen LogP contribution is -2.61. The Bertz CT molecular complexity index is 5790. The number of nitrogens with two attached hydrogens (primary N) is 2. The van der Waals surface area contributed by atoms with Crippen LogP contribution in [-0.2, 0) is 134 Å². The van der Waals surface area contributed by atoms with Crippen LogP contribution in [0.1, 0.15) is 130 Å². The number of para-hydroxylation sites is 2. The Kier molecular flexibility index (Phi) is 37.2. The van der Waals surface area contributed by atoms with E-state index in [-0.39, 0.29) is 107 Å². The minimum Gasteiger partial charge on any atom is -0.497 e. The molecule has 42 heteroatoms. The smallest absolute Gasteiger partial charge is 0.305 e. The van der Waals surface area contributed by atoms with E-state index in [0.29, 0.717) is 90.0 Å². The van der Waals surface area contributed by atoms with Crippen molar-refractivity contribution < 1.29 is 106 Å². The van der Waals surface area contributed by atoms with Crippen LogP contribution in [0.5, 0.6) is 17.2 Å². The first-order valence-electron chi connectivity index (χ1n) is 46.6. The Morgan fingerprint density at radius 1 is 0.486 bits per heavy atom. The van der Waals surface area contributed by atoms with Gasteiger partial charge in [0.25, 0.3) is 0 Å². The van der Waals surface area contributed by atoms with Crippen molar-refractivity contribution in [2.75, 3.05) is 68.9 Å². The molecule has 5 aliphatic rings. The highest BCUT2D eigenvalue weighted by atomic mass is 32.2. The van der Waals surface area contributed by atoms with E-state index in [4.69, 9.17) is 25.7 Å². The predicted octanol–water partition coefficient (Wildman–Crippen LogP) is 2.59. The number of aromatic nitrogens is 2. The molecule has 13 atom stereocenters. The van der Waals surface area contributed by atoms with Crippen molar-refractivity contribution in [2.45, 2.75) is 205 Å². The number of aromatic amines is 2. The van der Waals surface area contributed by atoms with Crippen LogP contribution in [0.4, 0.5) is 0 Å². The van der Waals surface area contributed by atoms with E-state index in [0.717, 1.165) is 35.3 Å². The number of benzene rings is 5. The molecule has 14 amide bonds. The average molecular weight is 1990 g/mol. The number of carbonyl (C=O) groups is 17. The van der Waals surface area contributed by atoms with E-state index in [1.54, 1.807) is 134 Å². The largest absolute Gasteiger partial charge is 0.497 e. The van der Waals surface area contributed by atoms with Crippen molar-refractivity contribution >= 4 is 157 Å². The summed E-state index contributed by atoms with van der Waals surface area (Å²) < 4.78 is 17.9. The molecule has 0 unspecified atom stereocenters. The Morgan fingerprint density at radius 2 is 0.957 bits per heavy atom. The molecule has 750 valence electrons. The van der Waals surface area contributed by atoms with Gasteiger partial charge in [-0.15, -0.1) is 23.5 Å². The second-order valence-electron chi connectivity index (χ2n) is 36.7. The molecule has 12 rings (SSSR count). The number of carboxylic acid groups (broad SMARTS) is 1. The number of carboxylic acids is 1. The zero-order chi connectivity index (χ0) is 101. The van der Waals surface area contributed by atoms with Crippen LogP contribution in [0.25, 0.3) is 21.8 Å². The summed E-state index contributed by atoms with van der Waals surface area (Å²) in [5.41, 5.74) is 17.5. The summed E-state index contributed by atoms with van der Waals surface area (Å²) in [4.78, 5) is 264. The second-order valence-corrected chi connectivity index (χ2v) is 39.8. The third-order valence-corrected chi connectivity index (χ3v) is 28.5. The molecule has 39 nitrogen and oxygen atoms in total. The zero-order valence-electron chi connectivity index (χ0n) is 79.3. The maximum atomic E-state index is 15.9. The molecular weight excluding hydrogens is 1860 g/mol. The van der Waals surface area contributed by atoms with Gasteiger partial charge in [0, 0.05) is 129 Å². The number of aliphatic hydroxyl groups excluding tert-OH is 1. The molecule has 140 heavy (non-hydrogen) atoms. The van der Waals surface area contributed by atoms with Gasteiger partial charge in [0.05, 0.1) is 69.6 Å². The summed E-state index contributed by atoms with van der Waals surface area (Å²) in [7, 11) is 4.34. The summed E-state index contributed by atoms with van der Waals surface area (Å²) in [6.45, 7) is 6.02. The number of Topliss-reactive ketones (excluding diaryl/α,β-unsaturated/α-hetero) is 2. The number of thioether (sulfide) groups is 3. The monoisotopic (exact) mass is 1990 g/mol. The Morgan fingerprint density at radius 3 is 1.44 bits per heavy atom. The number of nitrogens with zero attached hydrogens (tertiary/aromatic N) is 4. The van der Waals surface area contributed by atoms with Crippen molar-refractivity contribution in [1.82, 2.24) is 77.4 Å². The number of primary amides is 1. The molecule has 0 spiro atoms. The Balaban J connectivity index is 0.971. The van der Waals surface area contributed by atoms with Gasteiger partial charge >= 0.3 is 5.97 Å². The first-order valence-corrected chi connectivity index (χ1v) is 50.0. The summed E-state index contributed by atoms with van der Waals surface area (Å²) >= 11 is 2.87. The van der Waals surface area contributed by atoms with Crippen LogP contribution in [0.3, 0.4) is 0 Å². The lowest BCUT2D eigenvalue weighted by atomic mass is 9.85. The van der Waals surface area contributed by atoms with Gasteiger partial charge in [-0.3, -0.25) is 81.5 Å². The molecule has 12 bridgehead atoms. The first-order chi connectivity index (χ1) is 66.9. The van der Waals surface area contributed by atoms with E-state index in [9.17, 15) is 53.4 Å². The maximum Gasteiger partial charge on any atom is 0.305 e. The molecule has 2 aromatic heterocycles. The van der Waals surface area contributed by atoms with Crippen LogP contribution in [-0.4, -0.2) is 275 Å².